The van der Waals surface area contributed by atoms with Gasteiger partial charge in [0.1, 0.15) is 6.10 Å². The van der Waals surface area contributed by atoms with Crippen LogP contribution in [0.2, 0.25) is 0 Å². The van der Waals surface area contributed by atoms with Crippen molar-refractivity contribution in [3.8, 4) is 0 Å². The predicted molar refractivity (Wildman–Crippen MR) is 54.8 cm³/mol. The fourth-order valence-corrected chi connectivity index (χ4v) is 2.02. The van der Waals surface area contributed by atoms with Gasteiger partial charge in [-0.15, -0.1) is 0 Å². The number of hydrogen-bond donors (Lipinski definition) is 0. The molecule has 2 fully saturated rings. The minimum atomic E-state index is -0.310. The molecule has 0 aromatic carbocycles. The van der Waals surface area contributed by atoms with Crippen molar-refractivity contribution in [1.29, 1.82) is 0 Å². The number of carbonyl (C=O) groups excluding carboxylic acids is 1. The Morgan fingerprint density at radius 1 is 1.38 bits per heavy atom. The largest absolute Gasteiger partial charge is 0.469 e. The van der Waals surface area contributed by atoms with E-state index < -0.39 is 0 Å². The van der Waals surface area contributed by atoms with Crippen molar-refractivity contribution >= 4 is 5.97 Å². The van der Waals surface area contributed by atoms with E-state index in [0.29, 0.717) is 6.61 Å². The number of esters is 1. The molecule has 2 heterocycles. The lowest BCUT2D eigenvalue weighted by atomic mass is 10.1. The molecule has 92 valence electrons. The summed E-state index contributed by atoms with van der Waals surface area (Å²) in [4.78, 5) is 11.1. The van der Waals surface area contributed by atoms with Crippen LogP contribution in [0.5, 0.6) is 0 Å². The van der Waals surface area contributed by atoms with Crippen LogP contribution in [0.1, 0.15) is 25.7 Å². The maximum atomic E-state index is 11.1. The third-order valence-electron chi connectivity index (χ3n) is 2.91. The van der Waals surface area contributed by atoms with E-state index in [1.54, 1.807) is 0 Å². The molecule has 5 heteroatoms. The number of rotatable bonds is 3. The Kier molecular flexibility index (Phi) is 4.15. The fraction of sp³-hybridized carbons (Fsp3) is 0.909. The fourth-order valence-electron chi connectivity index (χ4n) is 2.02. The second kappa shape index (κ2) is 5.61. The molecular formula is C11H18O5. The third-order valence-corrected chi connectivity index (χ3v) is 2.91. The van der Waals surface area contributed by atoms with Crippen LogP contribution < -0.4 is 0 Å². The lowest BCUT2D eigenvalue weighted by Crippen LogP contribution is -2.33. The minimum absolute atomic E-state index is 0.0244. The molecule has 0 saturated carbocycles. The van der Waals surface area contributed by atoms with Gasteiger partial charge < -0.3 is 18.9 Å². The van der Waals surface area contributed by atoms with Gasteiger partial charge in [0.15, 0.2) is 6.29 Å². The van der Waals surface area contributed by atoms with Crippen molar-refractivity contribution in [2.45, 2.75) is 44.2 Å². The average Bonchev–Trinajstić information content (AvgIpc) is 2.78. The highest BCUT2D eigenvalue weighted by Crippen LogP contribution is 2.24. The smallest absolute Gasteiger partial charge is 0.308 e. The summed E-state index contributed by atoms with van der Waals surface area (Å²) in [6, 6.07) is 0. The predicted octanol–water partition coefficient (Wildman–Crippen LogP) is 0.860. The molecule has 0 spiro atoms. The van der Waals surface area contributed by atoms with Crippen molar-refractivity contribution in [2.75, 3.05) is 20.3 Å². The zero-order valence-electron chi connectivity index (χ0n) is 9.52. The van der Waals surface area contributed by atoms with Gasteiger partial charge in [-0.3, -0.25) is 4.79 Å². The minimum Gasteiger partial charge on any atom is -0.469 e. The zero-order chi connectivity index (χ0) is 11.4. The monoisotopic (exact) mass is 230 g/mol. The van der Waals surface area contributed by atoms with Gasteiger partial charge >= 0.3 is 5.97 Å². The third kappa shape index (κ3) is 2.93. The molecule has 2 saturated heterocycles. The first kappa shape index (κ1) is 11.8. The first-order chi connectivity index (χ1) is 7.79. The van der Waals surface area contributed by atoms with E-state index in [0.717, 1.165) is 25.9 Å². The highest BCUT2D eigenvalue weighted by molar-refractivity contribution is 5.69. The van der Waals surface area contributed by atoms with Crippen LogP contribution in [-0.2, 0) is 23.7 Å². The maximum Gasteiger partial charge on any atom is 0.308 e. The molecule has 0 aromatic heterocycles. The van der Waals surface area contributed by atoms with E-state index in [9.17, 15) is 4.79 Å². The molecule has 2 rings (SSSR count). The van der Waals surface area contributed by atoms with Gasteiger partial charge in [-0.05, 0) is 19.3 Å². The van der Waals surface area contributed by atoms with Gasteiger partial charge in [-0.2, -0.15) is 0 Å². The van der Waals surface area contributed by atoms with E-state index in [-0.39, 0.29) is 30.9 Å². The van der Waals surface area contributed by atoms with E-state index in [1.165, 1.54) is 7.11 Å². The zero-order valence-corrected chi connectivity index (χ0v) is 9.52. The van der Waals surface area contributed by atoms with Crippen LogP contribution in [0, 0.1) is 0 Å². The van der Waals surface area contributed by atoms with Crippen LogP contribution >= 0.6 is 0 Å². The molecular weight excluding hydrogens is 212 g/mol. The summed E-state index contributed by atoms with van der Waals surface area (Å²) in [6.45, 7) is 1.22. The van der Waals surface area contributed by atoms with Crippen molar-refractivity contribution in [3.63, 3.8) is 0 Å². The van der Waals surface area contributed by atoms with E-state index in [4.69, 9.17) is 14.2 Å². The van der Waals surface area contributed by atoms with E-state index in [2.05, 4.69) is 4.74 Å². The van der Waals surface area contributed by atoms with Gasteiger partial charge in [-0.25, -0.2) is 0 Å². The van der Waals surface area contributed by atoms with Crippen LogP contribution in [0.15, 0.2) is 0 Å². The summed E-state index contributed by atoms with van der Waals surface area (Å²) in [5.74, 6) is -0.265. The van der Waals surface area contributed by atoms with Crippen molar-refractivity contribution in [3.05, 3.63) is 0 Å². The normalized spacial score (nSPS) is 34.9. The number of ether oxygens (including phenoxy) is 4. The van der Waals surface area contributed by atoms with E-state index >= 15 is 0 Å². The van der Waals surface area contributed by atoms with Gasteiger partial charge in [0.25, 0.3) is 0 Å². The molecule has 5 nitrogen and oxygen atoms in total. The number of hydrogen-bond acceptors (Lipinski definition) is 5. The molecule has 0 amide bonds. The summed E-state index contributed by atoms with van der Waals surface area (Å²) in [6.07, 6.45) is 2.99. The molecule has 0 radical (unpaired) electrons. The number of carbonyl (C=O) groups is 1. The molecule has 3 atom stereocenters. The van der Waals surface area contributed by atoms with Gasteiger partial charge in [-0.1, -0.05) is 0 Å². The molecule has 16 heavy (non-hydrogen) atoms. The van der Waals surface area contributed by atoms with Crippen LogP contribution in [0.25, 0.3) is 0 Å². The first-order valence-electron chi connectivity index (χ1n) is 5.75. The van der Waals surface area contributed by atoms with Crippen LogP contribution in [0.4, 0.5) is 0 Å². The Morgan fingerprint density at radius 2 is 2.25 bits per heavy atom. The van der Waals surface area contributed by atoms with Gasteiger partial charge in [0.05, 0.1) is 26.2 Å². The lowest BCUT2D eigenvalue weighted by Gasteiger charge is -2.26. The molecule has 3 unspecified atom stereocenters. The standard InChI is InChI=1S/C11H18O5/c1-13-10(12)6-8-7-15-11(16-8)9-4-2-3-5-14-9/h8-9,11H,2-7H2,1H3. The molecule has 0 aromatic rings. The average molecular weight is 230 g/mol. The molecule has 0 bridgehead atoms. The molecule has 2 aliphatic rings. The lowest BCUT2D eigenvalue weighted by molar-refractivity contribution is -0.167. The van der Waals surface area contributed by atoms with Crippen molar-refractivity contribution in [2.24, 2.45) is 0 Å². The summed E-state index contributed by atoms with van der Waals surface area (Å²) in [5.41, 5.74) is 0. The van der Waals surface area contributed by atoms with E-state index in [1.807, 2.05) is 0 Å². The Balaban J connectivity index is 1.76. The quantitative estimate of drug-likeness (QED) is 0.673. The molecule has 2 aliphatic heterocycles. The Bertz CT molecular complexity index is 237. The summed E-state index contributed by atoms with van der Waals surface area (Å²) >= 11 is 0. The van der Waals surface area contributed by atoms with Crippen molar-refractivity contribution < 1.29 is 23.7 Å². The second-order valence-electron chi connectivity index (χ2n) is 4.15. The van der Waals surface area contributed by atoms with Crippen LogP contribution in [-0.4, -0.2) is 44.8 Å². The maximum absolute atomic E-state index is 11.1. The van der Waals surface area contributed by atoms with Gasteiger partial charge in [0.2, 0.25) is 0 Å². The van der Waals surface area contributed by atoms with Crippen molar-refractivity contribution in [1.82, 2.24) is 0 Å². The molecule has 0 aliphatic carbocycles. The van der Waals surface area contributed by atoms with Crippen LogP contribution in [0.3, 0.4) is 0 Å². The van der Waals surface area contributed by atoms with Gasteiger partial charge in [0, 0.05) is 6.61 Å². The summed E-state index contributed by atoms with van der Waals surface area (Å²) < 4.78 is 21.3. The first-order valence-corrected chi connectivity index (χ1v) is 5.75. The summed E-state index contributed by atoms with van der Waals surface area (Å²) in [7, 11) is 1.37. The highest BCUT2D eigenvalue weighted by atomic mass is 16.7. The second-order valence-corrected chi connectivity index (χ2v) is 4.15. The summed E-state index contributed by atoms with van der Waals surface area (Å²) in [5, 5.41) is 0. The Hall–Kier alpha value is -0.650. The Morgan fingerprint density at radius 3 is 2.94 bits per heavy atom. The Labute approximate surface area is 95.0 Å². The SMILES string of the molecule is COC(=O)CC1COC(C2CCCCO2)O1. The molecule has 0 N–H and O–H groups in total. The number of methoxy groups -OCH3 is 1. The highest BCUT2D eigenvalue weighted by Gasteiger charge is 2.35. The topological polar surface area (TPSA) is 54.0 Å².